The van der Waals surface area contributed by atoms with Gasteiger partial charge in [-0.3, -0.25) is 0 Å². The molecule has 1 saturated heterocycles. The van der Waals surface area contributed by atoms with Crippen LogP contribution in [0.15, 0.2) is 24.3 Å². The number of aliphatic hydroxyl groups excluding tert-OH is 1. The van der Waals surface area contributed by atoms with Crippen molar-refractivity contribution in [2.45, 2.75) is 81.3 Å². The van der Waals surface area contributed by atoms with E-state index in [9.17, 15) is 5.11 Å². The smallest absolute Gasteiger partial charge is 0.0884 e. The van der Waals surface area contributed by atoms with Crippen LogP contribution in [-0.2, 0) is 4.08 Å². The van der Waals surface area contributed by atoms with Crippen molar-refractivity contribution in [2.24, 2.45) is 5.92 Å². The van der Waals surface area contributed by atoms with Crippen LogP contribution in [0.2, 0.25) is 0 Å². The van der Waals surface area contributed by atoms with Crippen LogP contribution in [0, 0.1) is 5.92 Å². The average Bonchev–Trinajstić information content (AvgIpc) is 2.63. The van der Waals surface area contributed by atoms with E-state index < -0.39 is 0 Å². The van der Waals surface area contributed by atoms with Crippen molar-refractivity contribution in [3.05, 3.63) is 35.4 Å². The van der Waals surface area contributed by atoms with Crippen molar-refractivity contribution < 1.29 is 5.11 Å². The fraction of sp³-hybridized carbons (Fsp3) is 0.727. The topological polar surface area (TPSA) is 20.2 Å². The van der Waals surface area contributed by atoms with Gasteiger partial charge in [0.15, 0.2) is 0 Å². The molecule has 1 saturated carbocycles. The van der Waals surface area contributed by atoms with Crippen LogP contribution < -0.4 is 0 Å². The summed E-state index contributed by atoms with van der Waals surface area (Å²) in [7, 11) is 0. The number of rotatable bonds is 6. The van der Waals surface area contributed by atoms with Gasteiger partial charge in [0.25, 0.3) is 0 Å². The zero-order chi connectivity index (χ0) is 17.7. The molecule has 0 bridgehead atoms. The molecular formula is C22H34OS2. The van der Waals surface area contributed by atoms with Crippen molar-refractivity contribution in [2.75, 3.05) is 11.5 Å². The monoisotopic (exact) mass is 378 g/mol. The van der Waals surface area contributed by atoms with Gasteiger partial charge in [-0.1, -0.05) is 44.0 Å². The van der Waals surface area contributed by atoms with Crippen molar-refractivity contribution in [1.82, 2.24) is 0 Å². The minimum absolute atomic E-state index is 0.0593. The molecule has 1 atom stereocenters. The molecule has 1 aliphatic carbocycles. The third-order valence-corrected chi connectivity index (χ3v) is 9.32. The molecule has 1 heterocycles. The van der Waals surface area contributed by atoms with Gasteiger partial charge in [0.2, 0.25) is 0 Å². The summed E-state index contributed by atoms with van der Waals surface area (Å²) in [5, 5.41) is 10.0. The molecule has 1 aromatic carbocycles. The molecule has 1 aromatic rings. The summed E-state index contributed by atoms with van der Waals surface area (Å²) in [5.74, 6) is 4.16. The van der Waals surface area contributed by atoms with Crippen LogP contribution in [-0.4, -0.2) is 22.7 Å². The number of thioether (sulfide) groups is 2. The first-order valence-electron chi connectivity index (χ1n) is 10.2. The van der Waals surface area contributed by atoms with E-state index in [0.717, 1.165) is 18.3 Å². The molecule has 2 aliphatic rings. The Morgan fingerprint density at radius 2 is 1.72 bits per heavy atom. The van der Waals surface area contributed by atoms with Gasteiger partial charge >= 0.3 is 0 Å². The highest BCUT2D eigenvalue weighted by molar-refractivity contribution is 8.18. The van der Waals surface area contributed by atoms with Crippen LogP contribution >= 0.6 is 23.5 Å². The molecule has 0 radical (unpaired) electrons. The average molecular weight is 379 g/mol. The van der Waals surface area contributed by atoms with Crippen LogP contribution in [0.4, 0.5) is 0 Å². The van der Waals surface area contributed by atoms with E-state index in [-0.39, 0.29) is 10.2 Å². The highest BCUT2D eigenvalue weighted by Gasteiger charge is 2.36. The van der Waals surface area contributed by atoms with E-state index in [1.54, 1.807) is 0 Å². The van der Waals surface area contributed by atoms with Gasteiger partial charge in [-0.15, -0.1) is 23.5 Å². The van der Waals surface area contributed by atoms with E-state index in [4.69, 9.17) is 0 Å². The van der Waals surface area contributed by atoms with Gasteiger partial charge in [-0.05, 0) is 73.5 Å². The molecule has 140 valence electrons. The van der Waals surface area contributed by atoms with E-state index in [2.05, 4.69) is 31.2 Å². The van der Waals surface area contributed by atoms with Gasteiger partial charge in [0, 0.05) is 6.42 Å². The second kappa shape index (κ2) is 9.19. The molecule has 1 aliphatic heterocycles. The van der Waals surface area contributed by atoms with Crippen LogP contribution in [0.3, 0.4) is 0 Å². The number of benzene rings is 1. The highest BCUT2D eigenvalue weighted by atomic mass is 32.2. The largest absolute Gasteiger partial charge is 0.393 e. The Kier molecular flexibility index (Phi) is 7.22. The molecule has 0 amide bonds. The van der Waals surface area contributed by atoms with Gasteiger partial charge in [-0.2, -0.15) is 0 Å². The highest BCUT2D eigenvalue weighted by Crippen LogP contribution is 2.53. The molecule has 1 unspecified atom stereocenters. The molecule has 0 spiro atoms. The molecular weight excluding hydrogens is 344 g/mol. The Bertz CT molecular complexity index is 511. The predicted octanol–water partition coefficient (Wildman–Crippen LogP) is 6.55. The number of hydrogen-bond donors (Lipinski definition) is 1. The molecule has 3 heteroatoms. The zero-order valence-corrected chi connectivity index (χ0v) is 17.5. The van der Waals surface area contributed by atoms with Crippen molar-refractivity contribution in [3.63, 3.8) is 0 Å². The van der Waals surface area contributed by atoms with E-state index >= 15 is 0 Å². The minimum atomic E-state index is -0.244. The first kappa shape index (κ1) is 19.6. The van der Waals surface area contributed by atoms with Crippen LogP contribution in [0.25, 0.3) is 0 Å². The Morgan fingerprint density at radius 1 is 1.08 bits per heavy atom. The molecule has 1 N–H and O–H groups in total. The van der Waals surface area contributed by atoms with E-state index in [1.807, 2.05) is 30.4 Å². The van der Waals surface area contributed by atoms with Crippen molar-refractivity contribution in [3.8, 4) is 0 Å². The maximum Gasteiger partial charge on any atom is 0.0884 e. The van der Waals surface area contributed by atoms with Gasteiger partial charge in [-0.25, -0.2) is 0 Å². The maximum absolute atomic E-state index is 10.0. The molecule has 3 rings (SSSR count). The molecule has 25 heavy (non-hydrogen) atoms. The number of aliphatic hydroxyl groups is 1. The fourth-order valence-corrected chi connectivity index (χ4v) is 8.14. The lowest BCUT2D eigenvalue weighted by Crippen LogP contribution is -2.27. The minimum Gasteiger partial charge on any atom is -0.393 e. The zero-order valence-electron chi connectivity index (χ0n) is 15.9. The van der Waals surface area contributed by atoms with Gasteiger partial charge < -0.3 is 5.11 Å². The summed E-state index contributed by atoms with van der Waals surface area (Å²) in [6.45, 7) is 4.25. The molecule has 0 aromatic heterocycles. The van der Waals surface area contributed by atoms with E-state index in [1.165, 1.54) is 67.6 Å². The normalized spacial score (nSPS) is 27.8. The third kappa shape index (κ3) is 4.99. The van der Waals surface area contributed by atoms with Crippen LogP contribution in [0.5, 0.6) is 0 Å². The quantitative estimate of drug-likeness (QED) is 0.606. The summed E-state index contributed by atoms with van der Waals surface area (Å²) in [4.78, 5) is 0. The Morgan fingerprint density at radius 3 is 2.28 bits per heavy atom. The van der Waals surface area contributed by atoms with Crippen molar-refractivity contribution >= 4 is 23.5 Å². The SMILES string of the molecule is CCCC1CCC(c2ccc(C3(CC(C)O)SCCCS3)cc2)CC1. The Balaban J connectivity index is 1.68. The Labute approximate surface area is 162 Å². The predicted molar refractivity (Wildman–Crippen MR) is 114 cm³/mol. The van der Waals surface area contributed by atoms with Gasteiger partial charge in [0.1, 0.15) is 0 Å². The lowest BCUT2D eigenvalue weighted by Gasteiger charge is -2.38. The second-order valence-corrected chi connectivity index (χ2v) is 11.0. The summed E-state index contributed by atoms with van der Waals surface area (Å²) < 4.78 is 0.0593. The fourth-order valence-electron chi connectivity index (χ4n) is 4.57. The van der Waals surface area contributed by atoms with Gasteiger partial charge in [0.05, 0.1) is 10.2 Å². The van der Waals surface area contributed by atoms with Crippen molar-refractivity contribution in [1.29, 1.82) is 0 Å². The van der Waals surface area contributed by atoms with E-state index in [0.29, 0.717) is 0 Å². The maximum atomic E-state index is 10.0. The van der Waals surface area contributed by atoms with Crippen LogP contribution in [0.1, 0.15) is 82.3 Å². The summed E-state index contributed by atoms with van der Waals surface area (Å²) in [6, 6.07) is 9.50. The number of hydrogen-bond acceptors (Lipinski definition) is 3. The first-order chi connectivity index (χ1) is 12.1. The second-order valence-electron chi connectivity index (χ2n) is 7.98. The summed E-state index contributed by atoms with van der Waals surface area (Å²) in [5.41, 5.74) is 2.95. The molecule has 1 nitrogen and oxygen atoms in total. The summed E-state index contributed by atoms with van der Waals surface area (Å²) >= 11 is 4.08. The third-order valence-electron chi connectivity index (χ3n) is 5.89. The lowest BCUT2D eigenvalue weighted by molar-refractivity contribution is 0.180. The summed E-state index contributed by atoms with van der Waals surface area (Å²) in [6.07, 6.45) is 10.2. The standard InChI is InChI=1S/C22H34OS2/c1-3-5-18-6-8-19(9-7-18)20-10-12-21(13-11-20)22(16-17(2)23)24-14-4-15-25-22/h10-13,17-19,23H,3-9,14-16H2,1-2H3. The first-order valence-corrected chi connectivity index (χ1v) is 12.2. The Hall–Kier alpha value is -0.120. The molecule has 2 fully saturated rings. The lowest BCUT2D eigenvalue weighted by atomic mass is 9.77.